The fourth-order valence-corrected chi connectivity index (χ4v) is 4.10. The number of nitrogens with zero attached hydrogens (tertiary/aromatic N) is 1. The lowest BCUT2D eigenvalue weighted by Crippen LogP contribution is -2.31. The summed E-state index contributed by atoms with van der Waals surface area (Å²) in [5.74, 6) is 0.0468. The van der Waals surface area contributed by atoms with Crippen molar-refractivity contribution in [2.45, 2.75) is 52.1 Å². The van der Waals surface area contributed by atoms with Gasteiger partial charge in [0.25, 0.3) is 5.91 Å². The predicted octanol–water partition coefficient (Wildman–Crippen LogP) is 4.73. The van der Waals surface area contributed by atoms with E-state index in [-0.39, 0.29) is 5.91 Å². The normalized spacial score (nSPS) is 15.9. The number of fused-ring (bicyclic) bond motifs is 1. The molecule has 0 heterocycles. The fraction of sp³-hybridized carbons (Fsp3) is 0.435. The van der Waals surface area contributed by atoms with Crippen molar-refractivity contribution in [2.75, 3.05) is 13.1 Å². The number of amides is 1. The summed E-state index contributed by atoms with van der Waals surface area (Å²) in [6.45, 7) is 7.23. The van der Waals surface area contributed by atoms with Gasteiger partial charge in [-0.3, -0.25) is 9.69 Å². The Balaban J connectivity index is 1.81. The second kappa shape index (κ2) is 9.00. The van der Waals surface area contributed by atoms with Gasteiger partial charge >= 0.3 is 0 Å². The Morgan fingerprint density at radius 1 is 1.04 bits per heavy atom. The van der Waals surface area contributed by atoms with Crippen LogP contribution in [0, 0.1) is 0 Å². The standard InChI is InChI=1S/C23H30N2O/c1-3-15-25(16-4-2)21-14-13-19-11-8-12-20(22(19)21)23(26)24-17-18-9-6-5-7-10-18/h5-12,21H,3-4,13-17H2,1-2H3,(H,24,26)/t21-/m0/s1. The molecule has 1 amide bonds. The molecule has 2 aromatic rings. The lowest BCUT2D eigenvalue weighted by atomic mass is 9.98. The monoisotopic (exact) mass is 350 g/mol. The van der Waals surface area contributed by atoms with Crippen molar-refractivity contribution < 1.29 is 4.79 Å². The highest BCUT2D eigenvalue weighted by molar-refractivity contribution is 5.96. The number of carbonyl (C=O) groups excluding carboxylic acids is 1. The number of rotatable bonds is 8. The first-order chi connectivity index (χ1) is 12.7. The lowest BCUT2D eigenvalue weighted by Gasteiger charge is -2.30. The molecular formula is C23H30N2O. The summed E-state index contributed by atoms with van der Waals surface area (Å²) in [5.41, 5.74) is 4.60. The average Bonchev–Trinajstić information content (AvgIpc) is 3.11. The molecule has 2 aromatic carbocycles. The predicted molar refractivity (Wildman–Crippen MR) is 107 cm³/mol. The summed E-state index contributed by atoms with van der Waals surface area (Å²) >= 11 is 0. The Hall–Kier alpha value is -2.13. The molecule has 138 valence electrons. The molecule has 0 unspecified atom stereocenters. The van der Waals surface area contributed by atoms with Gasteiger partial charge in [-0.15, -0.1) is 0 Å². The van der Waals surface area contributed by atoms with Gasteiger partial charge < -0.3 is 5.32 Å². The van der Waals surface area contributed by atoms with Gasteiger partial charge in [0, 0.05) is 18.2 Å². The van der Waals surface area contributed by atoms with Crippen molar-refractivity contribution in [3.05, 3.63) is 70.8 Å². The van der Waals surface area contributed by atoms with Crippen LogP contribution in [-0.2, 0) is 13.0 Å². The molecule has 0 aromatic heterocycles. The molecule has 3 nitrogen and oxygen atoms in total. The van der Waals surface area contributed by atoms with E-state index in [1.807, 2.05) is 42.5 Å². The number of nitrogens with one attached hydrogen (secondary N) is 1. The van der Waals surface area contributed by atoms with Crippen LogP contribution in [0.1, 0.15) is 66.2 Å². The van der Waals surface area contributed by atoms with Crippen LogP contribution >= 0.6 is 0 Å². The molecule has 1 aliphatic rings. The molecule has 0 radical (unpaired) electrons. The first-order valence-electron chi connectivity index (χ1n) is 9.92. The average molecular weight is 351 g/mol. The second-order valence-corrected chi connectivity index (χ2v) is 7.14. The minimum Gasteiger partial charge on any atom is -0.348 e. The van der Waals surface area contributed by atoms with E-state index in [4.69, 9.17) is 0 Å². The van der Waals surface area contributed by atoms with Crippen molar-refractivity contribution in [3.8, 4) is 0 Å². The quantitative estimate of drug-likeness (QED) is 0.747. The molecular weight excluding hydrogens is 320 g/mol. The van der Waals surface area contributed by atoms with Crippen molar-refractivity contribution in [2.24, 2.45) is 0 Å². The zero-order valence-corrected chi connectivity index (χ0v) is 16.0. The SMILES string of the molecule is CCCN(CCC)[C@H]1CCc2cccc(C(=O)NCc3ccccc3)c21. The lowest BCUT2D eigenvalue weighted by molar-refractivity contribution is 0.0947. The number of benzene rings is 2. The van der Waals surface area contributed by atoms with Crippen molar-refractivity contribution >= 4 is 5.91 Å². The molecule has 0 aliphatic heterocycles. The molecule has 0 saturated carbocycles. The summed E-state index contributed by atoms with van der Waals surface area (Å²) in [4.78, 5) is 15.5. The largest absolute Gasteiger partial charge is 0.348 e. The summed E-state index contributed by atoms with van der Waals surface area (Å²) in [6, 6.07) is 16.7. The Bertz CT molecular complexity index is 720. The van der Waals surface area contributed by atoms with Gasteiger partial charge in [-0.25, -0.2) is 0 Å². The van der Waals surface area contributed by atoms with E-state index in [1.165, 1.54) is 11.1 Å². The maximum atomic E-state index is 12.9. The zero-order chi connectivity index (χ0) is 18.4. The number of hydrogen-bond acceptors (Lipinski definition) is 2. The molecule has 0 saturated heterocycles. The van der Waals surface area contributed by atoms with Crippen LogP contribution in [-0.4, -0.2) is 23.9 Å². The molecule has 0 fully saturated rings. The van der Waals surface area contributed by atoms with Gasteiger partial charge in [-0.05, 0) is 61.5 Å². The molecule has 1 aliphatic carbocycles. The van der Waals surface area contributed by atoms with E-state index in [0.717, 1.165) is 49.9 Å². The van der Waals surface area contributed by atoms with E-state index in [0.29, 0.717) is 12.6 Å². The van der Waals surface area contributed by atoms with Crippen LogP contribution in [0.15, 0.2) is 48.5 Å². The van der Waals surface area contributed by atoms with Gasteiger partial charge in [-0.2, -0.15) is 0 Å². The van der Waals surface area contributed by atoms with Crippen molar-refractivity contribution in [1.29, 1.82) is 0 Å². The van der Waals surface area contributed by atoms with Crippen LogP contribution in [0.2, 0.25) is 0 Å². The highest BCUT2D eigenvalue weighted by Gasteiger charge is 2.31. The molecule has 26 heavy (non-hydrogen) atoms. The number of hydrogen-bond donors (Lipinski definition) is 1. The highest BCUT2D eigenvalue weighted by Crippen LogP contribution is 2.38. The Morgan fingerprint density at radius 2 is 1.77 bits per heavy atom. The van der Waals surface area contributed by atoms with Crippen LogP contribution in [0.5, 0.6) is 0 Å². The van der Waals surface area contributed by atoms with Gasteiger partial charge in [-0.1, -0.05) is 56.3 Å². The molecule has 3 heteroatoms. The van der Waals surface area contributed by atoms with Crippen LogP contribution in [0.3, 0.4) is 0 Å². The van der Waals surface area contributed by atoms with E-state index in [9.17, 15) is 4.79 Å². The molecule has 3 rings (SSSR count). The Morgan fingerprint density at radius 3 is 2.46 bits per heavy atom. The van der Waals surface area contributed by atoms with E-state index in [2.05, 4.69) is 30.1 Å². The third kappa shape index (κ3) is 4.16. The highest BCUT2D eigenvalue weighted by atomic mass is 16.1. The first-order valence-corrected chi connectivity index (χ1v) is 9.92. The summed E-state index contributed by atoms with van der Waals surface area (Å²) in [6.07, 6.45) is 4.49. The summed E-state index contributed by atoms with van der Waals surface area (Å²) in [5, 5.41) is 3.11. The minimum atomic E-state index is 0.0468. The van der Waals surface area contributed by atoms with Crippen LogP contribution < -0.4 is 5.32 Å². The topological polar surface area (TPSA) is 32.3 Å². The van der Waals surface area contributed by atoms with Gasteiger partial charge in [0.1, 0.15) is 0 Å². The summed E-state index contributed by atoms with van der Waals surface area (Å²) < 4.78 is 0. The fourth-order valence-electron chi connectivity index (χ4n) is 4.10. The van der Waals surface area contributed by atoms with E-state index in [1.54, 1.807) is 0 Å². The number of aryl methyl sites for hydroxylation is 1. The smallest absolute Gasteiger partial charge is 0.251 e. The Labute approximate surface area is 157 Å². The van der Waals surface area contributed by atoms with Gasteiger partial charge in [0.05, 0.1) is 0 Å². The third-order valence-electron chi connectivity index (χ3n) is 5.22. The van der Waals surface area contributed by atoms with Crippen LogP contribution in [0.4, 0.5) is 0 Å². The minimum absolute atomic E-state index is 0.0468. The Kier molecular flexibility index (Phi) is 6.45. The zero-order valence-electron chi connectivity index (χ0n) is 16.0. The molecule has 1 atom stereocenters. The second-order valence-electron chi connectivity index (χ2n) is 7.14. The summed E-state index contributed by atoms with van der Waals surface area (Å²) in [7, 11) is 0. The van der Waals surface area contributed by atoms with E-state index >= 15 is 0 Å². The molecule has 0 bridgehead atoms. The molecule has 0 spiro atoms. The van der Waals surface area contributed by atoms with Crippen molar-refractivity contribution in [1.82, 2.24) is 10.2 Å². The van der Waals surface area contributed by atoms with Crippen LogP contribution in [0.25, 0.3) is 0 Å². The maximum Gasteiger partial charge on any atom is 0.251 e. The molecule has 1 N–H and O–H groups in total. The van der Waals surface area contributed by atoms with Gasteiger partial charge in [0.2, 0.25) is 0 Å². The maximum absolute atomic E-state index is 12.9. The third-order valence-corrected chi connectivity index (χ3v) is 5.22. The van der Waals surface area contributed by atoms with E-state index < -0.39 is 0 Å². The first kappa shape index (κ1) is 18.7. The van der Waals surface area contributed by atoms with Gasteiger partial charge in [0.15, 0.2) is 0 Å². The van der Waals surface area contributed by atoms with Crippen molar-refractivity contribution in [3.63, 3.8) is 0 Å². The number of carbonyl (C=O) groups is 1.